The van der Waals surface area contributed by atoms with Crippen LogP contribution in [0.5, 0.6) is 0 Å². The van der Waals surface area contributed by atoms with Gasteiger partial charge < -0.3 is 15.7 Å². The van der Waals surface area contributed by atoms with Crippen LogP contribution < -0.4 is 10.6 Å². The van der Waals surface area contributed by atoms with Crippen molar-refractivity contribution in [3.8, 4) is 0 Å². The quantitative estimate of drug-likeness (QED) is 0.705. The van der Waals surface area contributed by atoms with Crippen molar-refractivity contribution >= 4 is 11.7 Å². The summed E-state index contributed by atoms with van der Waals surface area (Å²) in [6, 6.07) is 6.98. The zero-order chi connectivity index (χ0) is 11.3. The molecule has 15 heavy (non-hydrogen) atoms. The fourth-order valence-electron chi connectivity index (χ4n) is 1.16. The zero-order valence-corrected chi connectivity index (χ0v) is 8.95. The standard InChI is InChI=1S/C11H16N2O2/c1-8-4-3-5-10(6-8)13-11(15)12-9(2)7-14/h3-6,9,14H,7H2,1-2H3,(H2,12,13,15)/t9-/m0/s1. The van der Waals surface area contributed by atoms with E-state index >= 15 is 0 Å². The smallest absolute Gasteiger partial charge is 0.319 e. The van der Waals surface area contributed by atoms with E-state index < -0.39 is 0 Å². The van der Waals surface area contributed by atoms with Crippen LogP contribution in [0, 0.1) is 6.92 Å². The lowest BCUT2D eigenvalue weighted by Crippen LogP contribution is -2.38. The van der Waals surface area contributed by atoms with Crippen molar-refractivity contribution in [2.75, 3.05) is 11.9 Å². The molecule has 0 saturated heterocycles. The Morgan fingerprint density at radius 2 is 2.27 bits per heavy atom. The van der Waals surface area contributed by atoms with Gasteiger partial charge in [0, 0.05) is 5.69 Å². The number of aliphatic hydroxyl groups is 1. The second-order valence-corrected chi connectivity index (χ2v) is 3.55. The predicted molar refractivity (Wildman–Crippen MR) is 59.9 cm³/mol. The molecule has 1 rings (SSSR count). The molecule has 2 amide bonds. The van der Waals surface area contributed by atoms with Crippen LogP contribution in [0.3, 0.4) is 0 Å². The summed E-state index contributed by atoms with van der Waals surface area (Å²) in [5.41, 5.74) is 1.83. The SMILES string of the molecule is Cc1cccc(NC(=O)N[C@@H](C)CO)c1. The Hall–Kier alpha value is -1.55. The number of benzene rings is 1. The fraction of sp³-hybridized carbons (Fsp3) is 0.364. The number of anilines is 1. The predicted octanol–water partition coefficient (Wildman–Crippen LogP) is 1.50. The van der Waals surface area contributed by atoms with Gasteiger partial charge in [-0.1, -0.05) is 12.1 Å². The van der Waals surface area contributed by atoms with E-state index in [1.54, 1.807) is 6.92 Å². The lowest BCUT2D eigenvalue weighted by Gasteiger charge is -2.12. The first kappa shape index (κ1) is 11.5. The van der Waals surface area contributed by atoms with Crippen LogP contribution in [0.25, 0.3) is 0 Å². The van der Waals surface area contributed by atoms with Crippen LogP contribution in [-0.4, -0.2) is 23.8 Å². The fourth-order valence-corrected chi connectivity index (χ4v) is 1.16. The third-order valence-corrected chi connectivity index (χ3v) is 1.93. The van der Waals surface area contributed by atoms with E-state index in [9.17, 15) is 4.79 Å². The molecule has 0 aromatic heterocycles. The molecule has 0 unspecified atom stereocenters. The van der Waals surface area contributed by atoms with E-state index in [-0.39, 0.29) is 18.7 Å². The topological polar surface area (TPSA) is 61.4 Å². The Labute approximate surface area is 89.3 Å². The summed E-state index contributed by atoms with van der Waals surface area (Å²) in [7, 11) is 0. The molecule has 1 atom stereocenters. The molecule has 0 spiro atoms. The second kappa shape index (κ2) is 5.36. The van der Waals surface area contributed by atoms with Gasteiger partial charge in [0.05, 0.1) is 12.6 Å². The number of carbonyl (C=O) groups excluding carboxylic acids is 1. The molecule has 1 aromatic rings. The summed E-state index contributed by atoms with van der Waals surface area (Å²) < 4.78 is 0. The van der Waals surface area contributed by atoms with Crippen molar-refractivity contribution in [3.63, 3.8) is 0 Å². The van der Waals surface area contributed by atoms with Gasteiger partial charge in [-0.25, -0.2) is 4.79 Å². The van der Waals surface area contributed by atoms with E-state index in [1.807, 2.05) is 31.2 Å². The molecule has 0 aliphatic carbocycles. The number of hydrogen-bond donors (Lipinski definition) is 3. The molecule has 82 valence electrons. The minimum absolute atomic E-state index is 0.0682. The van der Waals surface area contributed by atoms with Gasteiger partial charge in [0.2, 0.25) is 0 Å². The molecule has 4 heteroatoms. The Bertz CT molecular complexity index is 339. The maximum absolute atomic E-state index is 11.4. The molecule has 0 heterocycles. The number of rotatable bonds is 3. The monoisotopic (exact) mass is 208 g/mol. The minimum Gasteiger partial charge on any atom is -0.394 e. The second-order valence-electron chi connectivity index (χ2n) is 3.55. The van der Waals surface area contributed by atoms with Gasteiger partial charge in [-0.05, 0) is 31.5 Å². The van der Waals surface area contributed by atoms with Crippen molar-refractivity contribution in [1.82, 2.24) is 5.32 Å². The molecule has 4 nitrogen and oxygen atoms in total. The highest BCUT2D eigenvalue weighted by molar-refractivity contribution is 5.89. The number of carbonyl (C=O) groups is 1. The lowest BCUT2D eigenvalue weighted by atomic mass is 10.2. The van der Waals surface area contributed by atoms with Crippen LogP contribution in [0.4, 0.5) is 10.5 Å². The van der Waals surface area contributed by atoms with E-state index in [2.05, 4.69) is 10.6 Å². The van der Waals surface area contributed by atoms with E-state index in [1.165, 1.54) is 0 Å². The highest BCUT2D eigenvalue weighted by Gasteiger charge is 2.05. The Kier molecular flexibility index (Phi) is 4.12. The van der Waals surface area contributed by atoms with Crippen LogP contribution in [0.15, 0.2) is 24.3 Å². The number of urea groups is 1. The molecule has 0 radical (unpaired) electrons. The first-order valence-electron chi connectivity index (χ1n) is 4.87. The summed E-state index contributed by atoms with van der Waals surface area (Å²) in [5, 5.41) is 14.0. The van der Waals surface area contributed by atoms with Crippen molar-refractivity contribution in [1.29, 1.82) is 0 Å². The molecule has 0 saturated carbocycles. The maximum Gasteiger partial charge on any atom is 0.319 e. The van der Waals surface area contributed by atoms with E-state index in [0.29, 0.717) is 0 Å². The molecule has 0 fully saturated rings. The number of nitrogens with one attached hydrogen (secondary N) is 2. The van der Waals surface area contributed by atoms with Crippen LogP contribution >= 0.6 is 0 Å². The number of hydrogen-bond acceptors (Lipinski definition) is 2. The van der Waals surface area contributed by atoms with Crippen molar-refractivity contribution in [2.45, 2.75) is 19.9 Å². The van der Waals surface area contributed by atoms with E-state index in [4.69, 9.17) is 5.11 Å². The lowest BCUT2D eigenvalue weighted by molar-refractivity contribution is 0.229. The van der Waals surface area contributed by atoms with Crippen LogP contribution in [0.2, 0.25) is 0 Å². The number of aliphatic hydroxyl groups excluding tert-OH is 1. The summed E-state index contributed by atoms with van der Waals surface area (Å²) in [4.78, 5) is 11.4. The number of amides is 2. The average Bonchev–Trinajstić information content (AvgIpc) is 2.17. The molecule has 0 bridgehead atoms. The number of aryl methyl sites for hydroxylation is 1. The van der Waals surface area contributed by atoms with Crippen molar-refractivity contribution < 1.29 is 9.90 Å². The summed E-state index contributed by atoms with van der Waals surface area (Å²) in [6.07, 6.45) is 0. The zero-order valence-electron chi connectivity index (χ0n) is 8.95. The summed E-state index contributed by atoms with van der Waals surface area (Å²) in [6.45, 7) is 3.62. The Morgan fingerprint density at radius 1 is 1.53 bits per heavy atom. The van der Waals surface area contributed by atoms with Gasteiger partial charge in [-0.3, -0.25) is 0 Å². The molecule has 1 aromatic carbocycles. The Morgan fingerprint density at radius 3 is 2.87 bits per heavy atom. The largest absolute Gasteiger partial charge is 0.394 e. The maximum atomic E-state index is 11.4. The average molecular weight is 208 g/mol. The van der Waals surface area contributed by atoms with Crippen molar-refractivity contribution in [3.05, 3.63) is 29.8 Å². The summed E-state index contributed by atoms with van der Waals surface area (Å²) >= 11 is 0. The van der Waals surface area contributed by atoms with Gasteiger partial charge >= 0.3 is 6.03 Å². The van der Waals surface area contributed by atoms with Gasteiger partial charge in [-0.2, -0.15) is 0 Å². The third-order valence-electron chi connectivity index (χ3n) is 1.93. The van der Waals surface area contributed by atoms with Gasteiger partial charge in [0.25, 0.3) is 0 Å². The van der Waals surface area contributed by atoms with Crippen molar-refractivity contribution in [2.24, 2.45) is 0 Å². The molecule has 0 aliphatic heterocycles. The highest BCUT2D eigenvalue weighted by Crippen LogP contribution is 2.08. The molecular weight excluding hydrogens is 192 g/mol. The molecule has 3 N–H and O–H groups in total. The first-order valence-corrected chi connectivity index (χ1v) is 4.87. The van der Waals surface area contributed by atoms with Gasteiger partial charge in [-0.15, -0.1) is 0 Å². The Balaban J connectivity index is 2.51. The van der Waals surface area contributed by atoms with Gasteiger partial charge in [0.15, 0.2) is 0 Å². The summed E-state index contributed by atoms with van der Waals surface area (Å²) in [5.74, 6) is 0. The first-order chi connectivity index (χ1) is 7.11. The normalized spacial score (nSPS) is 11.9. The van der Waals surface area contributed by atoms with Gasteiger partial charge in [0.1, 0.15) is 0 Å². The molecular formula is C11H16N2O2. The minimum atomic E-state index is -0.304. The van der Waals surface area contributed by atoms with Crippen LogP contribution in [-0.2, 0) is 0 Å². The van der Waals surface area contributed by atoms with Crippen LogP contribution in [0.1, 0.15) is 12.5 Å². The highest BCUT2D eigenvalue weighted by atomic mass is 16.3. The van der Waals surface area contributed by atoms with E-state index in [0.717, 1.165) is 11.3 Å². The molecule has 0 aliphatic rings. The third kappa shape index (κ3) is 3.99.